The highest BCUT2D eigenvalue weighted by Crippen LogP contribution is 2.34. The number of rotatable bonds is 5. The monoisotopic (exact) mass is 398 g/mol. The summed E-state index contributed by atoms with van der Waals surface area (Å²) in [6.45, 7) is 3.88. The molecule has 0 amide bonds. The van der Waals surface area contributed by atoms with Crippen LogP contribution >= 0.6 is 11.8 Å². The number of fused-ring (bicyclic) bond motifs is 3. The number of aromatic amines is 1. The van der Waals surface area contributed by atoms with Gasteiger partial charge in [-0.2, -0.15) is 4.52 Å². The first-order valence-corrected chi connectivity index (χ1v) is 9.43. The predicted molar refractivity (Wildman–Crippen MR) is 105 cm³/mol. The zero-order chi connectivity index (χ0) is 19.8. The quantitative estimate of drug-likeness (QED) is 0.473. The molecule has 0 aliphatic rings. The lowest BCUT2D eigenvalue weighted by Crippen LogP contribution is -2.11. The fraction of sp³-hybridized carbons (Fsp3) is 0.211. The standard InChI is InChI=1S/C19H18N4O4S/c1-10-3-4-16(11(2)7-10)28-19-17-20-18(26)12-8-14(25)15(27-6-5-24)9-13(12)23(17)22-21-19/h3-4,7-9,24-25H,5-6H2,1-2H3,(H,20,26). The number of nitrogens with one attached hydrogen (secondary N) is 1. The first-order valence-electron chi connectivity index (χ1n) is 8.61. The molecule has 0 saturated heterocycles. The Morgan fingerprint density at radius 3 is 2.82 bits per heavy atom. The molecular formula is C19H18N4O4S. The molecule has 0 radical (unpaired) electrons. The fourth-order valence-corrected chi connectivity index (χ4v) is 3.87. The first kappa shape index (κ1) is 18.3. The van der Waals surface area contributed by atoms with Gasteiger partial charge in [-0.3, -0.25) is 4.79 Å². The molecule has 8 nitrogen and oxygen atoms in total. The number of aryl methyl sites for hydroxylation is 2. The molecule has 0 spiro atoms. The normalized spacial score (nSPS) is 11.4. The molecule has 2 aromatic heterocycles. The number of benzene rings is 2. The number of ether oxygens (including phenoxy) is 1. The maximum atomic E-state index is 12.6. The third-order valence-corrected chi connectivity index (χ3v) is 5.45. The highest BCUT2D eigenvalue weighted by atomic mass is 32.2. The number of aliphatic hydroxyl groups excluding tert-OH is 1. The number of aromatic nitrogens is 4. The number of aliphatic hydroxyl groups is 1. The summed E-state index contributed by atoms with van der Waals surface area (Å²) in [6.07, 6.45) is 0. The average Bonchev–Trinajstić information content (AvgIpc) is 3.05. The number of aromatic hydroxyl groups is 1. The Kier molecular flexibility index (Phi) is 4.70. The SMILES string of the molecule is Cc1ccc(Sc2nnn3c2[nH]c(=O)c2cc(O)c(OCCO)cc23)c(C)c1. The molecule has 144 valence electrons. The van der Waals surface area contributed by atoms with Crippen molar-refractivity contribution in [1.82, 2.24) is 19.8 Å². The van der Waals surface area contributed by atoms with E-state index in [4.69, 9.17) is 9.84 Å². The van der Waals surface area contributed by atoms with Crippen molar-refractivity contribution in [2.24, 2.45) is 0 Å². The lowest BCUT2D eigenvalue weighted by Gasteiger charge is -2.09. The molecule has 0 bridgehead atoms. The highest BCUT2D eigenvalue weighted by molar-refractivity contribution is 7.99. The summed E-state index contributed by atoms with van der Waals surface area (Å²) >= 11 is 1.42. The minimum atomic E-state index is -0.365. The highest BCUT2D eigenvalue weighted by Gasteiger charge is 2.16. The number of nitrogens with zero attached hydrogens (tertiary/aromatic N) is 3. The van der Waals surface area contributed by atoms with Crippen molar-refractivity contribution in [2.75, 3.05) is 13.2 Å². The van der Waals surface area contributed by atoms with E-state index in [0.717, 1.165) is 10.5 Å². The average molecular weight is 398 g/mol. The first-order chi connectivity index (χ1) is 13.5. The minimum absolute atomic E-state index is 0.0244. The molecule has 4 aromatic rings. The number of hydrogen-bond acceptors (Lipinski definition) is 7. The van der Waals surface area contributed by atoms with Crippen LogP contribution in [0.25, 0.3) is 16.6 Å². The summed E-state index contributed by atoms with van der Waals surface area (Å²) in [5, 5.41) is 28.2. The molecule has 0 fully saturated rings. The van der Waals surface area contributed by atoms with Gasteiger partial charge in [0.25, 0.3) is 5.56 Å². The number of H-pyrrole nitrogens is 1. The predicted octanol–water partition coefficient (Wildman–Crippen LogP) is 2.42. The van der Waals surface area contributed by atoms with Gasteiger partial charge in [0.05, 0.1) is 17.5 Å². The minimum Gasteiger partial charge on any atom is -0.504 e. The van der Waals surface area contributed by atoms with Crippen molar-refractivity contribution in [3.05, 3.63) is 51.8 Å². The molecule has 28 heavy (non-hydrogen) atoms. The van der Waals surface area contributed by atoms with E-state index in [0.29, 0.717) is 16.2 Å². The Labute approximate surface area is 163 Å². The van der Waals surface area contributed by atoms with Crippen LogP contribution in [0.15, 0.2) is 45.0 Å². The van der Waals surface area contributed by atoms with Crippen molar-refractivity contribution in [1.29, 1.82) is 0 Å². The van der Waals surface area contributed by atoms with Crippen molar-refractivity contribution >= 4 is 28.3 Å². The van der Waals surface area contributed by atoms with Gasteiger partial charge in [0, 0.05) is 11.0 Å². The molecule has 0 saturated carbocycles. The summed E-state index contributed by atoms with van der Waals surface area (Å²) in [7, 11) is 0. The molecule has 0 atom stereocenters. The van der Waals surface area contributed by atoms with Gasteiger partial charge in [-0.05, 0) is 31.5 Å². The van der Waals surface area contributed by atoms with Gasteiger partial charge >= 0.3 is 0 Å². The fourth-order valence-electron chi connectivity index (χ4n) is 2.99. The van der Waals surface area contributed by atoms with E-state index in [1.165, 1.54) is 34.0 Å². The topological polar surface area (TPSA) is 113 Å². The van der Waals surface area contributed by atoms with E-state index in [2.05, 4.69) is 21.4 Å². The van der Waals surface area contributed by atoms with E-state index in [1.54, 1.807) is 0 Å². The van der Waals surface area contributed by atoms with Crippen LogP contribution < -0.4 is 10.3 Å². The second kappa shape index (κ2) is 7.17. The van der Waals surface area contributed by atoms with Crippen LogP contribution in [0.1, 0.15) is 11.1 Å². The molecule has 2 heterocycles. The largest absolute Gasteiger partial charge is 0.504 e. The Morgan fingerprint density at radius 1 is 1.25 bits per heavy atom. The van der Waals surface area contributed by atoms with Gasteiger partial charge in [-0.25, -0.2) is 0 Å². The van der Waals surface area contributed by atoms with Crippen molar-refractivity contribution in [3.8, 4) is 11.5 Å². The van der Waals surface area contributed by atoms with Gasteiger partial charge < -0.3 is 19.9 Å². The number of phenolic OH excluding ortho intramolecular Hbond substituents is 1. The summed E-state index contributed by atoms with van der Waals surface area (Å²) < 4.78 is 6.84. The van der Waals surface area contributed by atoms with Crippen LogP contribution in [0.5, 0.6) is 11.5 Å². The number of hydrogen-bond donors (Lipinski definition) is 3. The lowest BCUT2D eigenvalue weighted by atomic mass is 10.2. The summed E-state index contributed by atoms with van der Waals surface area (Å²) in [6, 6.07) is 8.95. The second-order valence-electron chi connectivity index (χ2n) is 6.39. The second-order valence-corrected chi connectivity index (χ2v) is 7.42. The Hall–Kier alpha value is -3.04. The molecule has 0 aliphatic carbocycles. The third-order valence-electron chi connectivity index (χ3n) is 4.31. The number of phenols is 1. The van der Waals surface area contributed by atoms with Gasteiger partial charge in [-0.15, -0.1) is 5.10 Å². The summed E-state index contributed by atoms with van der Waals surface area (Å²) in [5.74, 6) is -0.0247. The molecule has 9 heteroatoms. The van der Waals surface area contributed by atoms with E-state index in [9.17, 15) is 9.90 Å². The van der Waals surface area contributed by atoms with Crippen molar-refractivity contribution in [2.45, 2.75) is 23.8 Å². The van der Waals surface area contributed by atoms with Crippen molar-refractivity contribution in [3.63, 3.8) is 0 Å². The van der Waals surface area contributed by atoms with Gasteiger partial charge in [0.2, 0.25) is 0 Å². The van der Waals surface area contributed by atoms with Gasteiger partial charge in [0.15, 0.2) is 22.2 Å². The molecule has 4 rings (SSSR count). The van der Waals surface area contributed by atoms with Crippen LogP contribution in [0.4, 0.5) is 0 Å². The molecule has 2 aromatic carbocycles. The Bertz CT molecular complexity index is 1250. The van der Waals surface area contributed by atoms with E-state index in [1.807, 2.05) is 26.0 Å². The molecular weight excluding hydrogens is 380 g/mol. The zero-order valence-electron chi connectivity index (χ0n) is 15.3. The maximum absolute atomic E-state index is 12.6. The zero-order valence-corrected chi connectivity index (χ0v) is 16.1. The van der Waals surface area contributed by atoms with Crippen LogP contribution in [0, 0.1) is 13.8 Å². The molecule has 0 aliphatic heterocycles. The Morgan fingerprint density at radius 2 is 2.07 bits per heavy atom. The van der Waals surface area contributed by atoms with E-state index < -0.39 is 0 Å². The molecule has 0 unspecified atom stereocenters. The van der Waals surface area contributed by atoms with E-state index >= 15 is 0 Å². The molecule has 3 N–H and O–H groups in total. The van der Waals surface area contributed by atoms with Crippen LogP contribution in [0.2, 0.25) is 0 Å². The van der Waals surface area contributed by atoms with Crippen molar-refractivity contribution < 1.29 is 14.9 Å². The smallest absolute Gasteiger partial charge is 0.259 e. The van der Waals surface area contributed by atoms with Crippen LogP contribution in [-0.2, 0) is 0 Å². The van der Waals surface area contributed by atoms with Crippen LogP contribution in [0.3, 0.4) is 0 Å². The van der Waals surface area contributed by atoms with E-state index in [-0.39, 0.29) is 35.7 Å². The van der Waals surface area contributed by atoms with Crippen LogP contribution in [-0.4, -0.2) is 43.2 Å². The maximum Gasteiger partial charge on any atom is 0.259 e. The van der Waals surface area contributed by atoms with Gasteiger partial charge in [-0.1, -0.05) is 34.7 Å². The summed E-state index contributed by atoms with van der Waals surface area (Å²) in [5.41, 5.74) is 2.82. The Balaban J connectivity index is 1.86. The summed E-state index contributed by atoms with van der Waals surface area (Å²) in [4.78, 5) is 16.4. The van der Waals surface area contributed by atoms with Gasteiger partial charge in [0.1, 0.15) is 6.61 Å². The lowest BCUT2D eigenvalue weighted by molar-refractivity contribution is 0.197. The third kappa shape index (κ3) is 3.19.